The van der Waals surface area contributed by atoms with E-state index in [0.717, 1.165) is 0 Å². The summed E-state index contributed by atoms with van der Waals surface area (Å²) in [5.41, 5.74) is 0.211. The molecule has 0 unspecified atom stereocenters. The molecule has 0 saturated heterocycles. The number of benzene rings is 1. The van der Waals surface area contributed by atoms with Crippen LogP contribution in [-0.2, 0) is 11.3 Å². The Morgan fingerprint density at radius 2 is 2.10 bits per heavy atom. The molecule has 0 heterocycles. The first-order chi connectivity index (χ1) is 7.00. The van der Waals surface area contributed by atoms with Gasteiger partial charge in [0.2, 0.25) is 0 Å². The van der Waals surface area contributed by atoms with Gasteiger partial charge in [0.05, 0.1) is 13.5 Å². The van der Waals surface area contributed by atoms with E-state index in [9.17, 15) is 0 Å². The van der Waals surface area contributed by atoms with Gasteiger partial charge >= 0.3 is 0 Å². The lowest BCUT2D eigenvalue weighted by Crippen LogP contribution is -1.90. The Morgan fingerprint density at radius 3 is 2.70 bits per heavy atom. The van der Waals surface area contributed by atoms with Crippen molar-refractivity contribution in [1.29, 1.82) is 0 Å². The fraction of sp³-hybridized carbons (Fsp3) is 0.333. The second-order valence-corrected chi connectivity index (χ2v) is 1.74. The number of rotatable bonds is 3. The Kier molecular flexibility index (Phi) is 1.24. The van der Waals surface area contributed by atoms with Crippen LogP contribution in [0.5, 0.6) is 0 Å². The van der Waals surface area contributed by atoms with Gasteiger partial charge in [0.1, 0.15) is 0 Å². The molecule has 0 bridgehead atoms. The SMILES string of the molecule is [2H]c1c([2H])c([2H])c(COCC)c([2H])c1[2H]. The minimum Gasteiger partial charge on any atom is -0.377 e. The molecule has 1 heteroatoms. The Bertz CT molecular complexity index is 348. The van der Waals surface area contributed by atoms with Crippen LogP contribution in [0.25, 0.3) is 0 Å². The second-order valence-electron chi connectivity index (χ2n) is 1.74. The number of hydrogen-bond acceptors (Lipinski definition) is 1. The summed E-state index contributed by atoms with van der Waals surface area (Å²) in [5.74, 6) is 0. The van der Waals surface area contributed by atoms with Gasteiger partial charge in [0, 0.05) is 6.61 Å². The Morgan fingerprint density at radius 1 is 1.40 bits per heavy atom. The van der Waals surface area contributed by atoms with Crippen LogP contribution in [-0.4, -0.2) is 6.61 Å². The van der Waals surface area contributed by atoms with Crippen molar-refractivity contribution < 1.29 is 11.6 Å². The van der Waals surface area contributed by atoms with Gasteiger partial charge in [0.25, 0.3) is 0 Å². The quantitative estimate of drug-likeness (QED) is 0.627. The molecule has 10 heavy (non-hydrogen) atoms. The topological polar surface area (TPSA) is 9.23 Å². The molecular formula is C9H12O. The van der Waals surface area contributed by atoms with Crippen molar-refractivity contribution in [2.75, 3.05) is 6.61 Å². The lowest BCUT2D eigenvalue weighted by molar-refractivity contribution is 0.134. The fourth-order valence-electron chi connectivity index (χ4n) is 0.552. The molecule has 0 amide bonds. The molecule has 0 atom stereocenters. The highest BCUT2D eigenvalue weighted by Crippen LogP contribution is 1.99. The van der Waals surface area contributed by atoms with Crippen molar-refractivity contribution in [3.05, 3.63) is 35.8 Å². The van der Waals surface area contributed by atoms with Crippen LogP contribution in [0.3, 0.4) is 0 Å². The number of hydrogen-bond donors (Lipinski definition) is 0. The first kappa shape index (κ1) is 3.05. The third-order valence-corrected chi connectivity index (χ3v) is 1.00. The zero-order chi connectivity index (χ0) is 11.6. The van der Waals surface area contributed by atoms with Gasteiger partial charge in [-0.1, -0.05) is 30.2 Å². The lowest BCUT2D eigenvalue weighted by Gasteiger charge is -1.98. The van der Waals surface area contributed by atoms with E-state index in [2.05, 4.69) is 0 Å². The molecule has 0 aliphatic heterocycles. The summed E-state index contributed by atoms with van der Waals surface area (Å²) in [5, 5.41) is 0. The van der Waals surface area contributed by atoms with E-state index in [1.807, 2.05) is 0 Å². The van der Waals surface area contributed by atoms with Gasteiger partial charge in [0.15, 0.2) is 0 Å². The zero-order valence-corrected chi connectivity index (χ0v) is 5.82. The summed E-state index contributed by atoms with van der Waals surface area (Å²) >= 11 is 0. The molecule has 0 N–H and O–H groups in total. The molecule has 0 spiro atoms. The van der Waals surface area contributed by atoms with Crippen molar-refractivity contribution in [2.24, 2.45) is 0 Å². The van der Waals surface area contributed by atoms with Crippen molar-refractivity contribution in [2.45, 2.75) is 13.5 Å². The van der Waals surface area contributed by atoms with Gasteiger partial charge in [-0.2, -0.15) is 0 Å². The molecule has 0 aliphatic carbocycles. The van der Waals surface area contributed by atoms with Crippen LogP contribution >= 0.6 is 0 Å². The van der Waals surface area contributed by atoms with Crippen molar-refractivity contribution in [3.63, 3.8) is 0 Å². The Hall–Kier alpha value is -0.820. The molecule has 1 aromatic rings. The van der Waals surface area contributed by atoms with Crippen LogP contribution < -0.4 is 0 Å². The van der Waals surface area contributed by atoms with E-state index in [4.69, 9.17) is 11.6 Å². The maximum Gasteiger partial charge on any atom is 0.0716 e. The van der Waals surface area contributed by atoms with Crippen LogP contribution in [0.1, 0.15) is 19.3 Å². The van der Waals surface area contributed by atoms with Gasteiger partial charge in [-0.25, -0.2) is 0 Å². The zero-order valence-electron chi connectivity index (χ0n) is 10.8. The molecular weight excluding hydrogens is 124 g/mol. The van der Waals surface area contributed by atoms with Gasteiger partial charge in [-0.15, -0.1) is 0 Å². The molecule has 54 valence electrons. The van der Waals surface area contributed by atoms with Crippen molar-refractivity contribution >= 4 is 0 Å². The average Bonchev–Trinajstić information content (AvgIpc) is 2.24. The molecule has 0 saturated carbocycles. The van der Waals surface area contributed by atoms with Crippen LogP contribution in [0.15, 0.2) is 30.2 Å². The smallest absolute Gasteiger partial charge is 0.0716 e. The highest BCUT2D eigenvalue weighted by molar-refractivity contribution is 5.13. The summed E-state index contributed by atoms with van der Waals surface area (Å²) in [7, 11) is 0. The molecule has 1 rings (SSSR count). The maximum atomic E-state index is 7.56. The molecule has 0 fully saturated rings. The largest absolute Gasteiger partial charge is 0.377 e. The highest BCUT2D eigenvalue weighted by atomic mass is 16.5. The minimum atomic E-state index is -0.370. The van der Waals surface area contributed by atoms with Crippen LogP contribution in [0, 0.1) is 0 Å². The molecule has 0 aromatic heterocycles. The lowest BCUT2D eigenvalue weighted by atomic mass is 10.2. The van der Waals surface area contributed by atoms with E-state index in [1.165, 1.54) is 0 Å². The van der Waals surface area contributed by atoms with Crippen LogP contribution in [0.4, 0.5) is 0 Å². The van der Waals surface area contributed by atoms with Gasteiger partial charge in [-0.3, -0.25) is 0 Å². The predicted molar refractivity (Wildman–Crippen MR) is 41.8 cm³/mol. The molecule has 1 aromatic carbocycles. The Balaban J connectivity index is 3.26. The fourth-order valence-corrected chi connectivity index (χ4v) is 0.552. The molecule has 0 aliphatic rings. The summed E-state index contributed by atoms with van der Waals surface area (Å²) in [6.07, 6.45) is 0. The van der Waals surface area contributed by atoms with Crippen molar-refractivity contribution in [3.8, 4) is 0 Å². The maximum absolute atomic E-state index is 7.56. The van der Waals surface area contributed by atoms with E-state index in [-0.39, 0.29) is 42.4 Å². The number of ether oxygens (including phenoxy) is 1. The monoisotopic (exact) mass is 141 g/mol. The second kappa shape index (κ2) is 4.07. The first-order valence-electron chi connectivity index (χ1n) is 5.64. The third-order valence-electron chi connectivity index (χ3n) is 1.00. The van der Waals surface area contributed by atoms with Crippen LogP contribution in [0.2, 0.25) is 0 Å². The van der Waals surface area contributed by atoms with E-state index in [0.29, 0.717) is 6.61 Å². The van der Waals surface area contributed by atoms with Gasteiger partial charge in [-0.05, 0) is 12.5 Å². The van der Waals surface area contributed by atoms with E-state index in [1.54, 1.807) is 6.92 Å². The summed E-state index contributed by atoms with van der Waals surface area (Å²) < 4.78 is 42.4. The molecule has 0 radical (unpaired) electrons. The normalized spacial score (nSPS) is 16.7. The van der Waals surface area contributed by atoms with E-state index < -0.39 is 0 Å². The van der Waals surface area contributed by atoms with Gasteiger partial charge < -0.3 is 4.74 Å². The standard InChI is InChI=1S/C9H12O/c1-2-10-8-9-6-4-3-5-7-9/h3-7H,2,8H2,1H3/i3D,4D,5D,6D,7D. The summed E-state index contributed by atoms with van der Waals surface area (Å²) in [6, 6.07) is -1.37. The summed E-state index contributed by atoms with van der Waals surface area (Å²) in [4.78, 5) is 0. The molecule has 1 nitrogen and oxygen atoms in total. The third kappa shape index (κ3) is 2.19. The highest BCUT2D eigenvalue weighted by Gasteiger charge is 1.86. The predicted octanol–water partition coefficient (Wildman–Crippen LogP) is 2.22. The minimum absolute atomic E-state index is 0.0478. The Labute approximate surface area is 68.7 Å². The average molecular weight is 141 g/mol. The first-order valence-corrected chi connectivity index (χ1v) is 3.14. The summed E-state index contributed by atoms with van der Waals surface area (Å²) in [6.45, 7) is 2.28. The van der Waals surface area contributed by atoms with E-state index >= 15 is 0 Å². The van der Waals surface area contributed by atoms with Crippen molar-refractivity contribution in [1.82, 2.24) is 0 Å².